The van der Waals surface area contributed by atoms with Crippen LogP contribution in [0.25, 0.3) is 0 Å². The molecule has 0 bridgehead atoms. The Kier molecular flexibility index (Phi) is 5.24. The lowest BCUT2D eigenvalue weighted by Crippen LogP contribution is -2.13. The van der Waals surface area contributed by atoms with Crippen molar-refractivity contribution in [3.05, 3.63) is 42.0 Å². The van der Waals surface area contributed by atoms with Gasteiger partial charge < -0.3 is 19.5 Å². The van der Waals surface area contributed by atoms with E-state index in [1.165, 1.54) is 33.5 Å². The van der Waals surface area contributed by atoms with Crippen molar-refractivity contribution in [2.75, 3.05) is 26.6 Å². The van der Waals surface area contributed by atoms with Crippen LogP contribution in [0.4, 0.5) is 15.9 Å². The second-order valence-electron chi connectivity index (χ2n) is 4.54. The van der Waals surface area contributed by atoms with Crippen LogP contribution in [-0.4, -0.2) is 27.2 Å². The molecule has 0 fully saturated rings. The quantitative estimate of drug-likeness (QED) is 0.801. The summed E-state index contributed by atoms with van der Waals surface area (Å²) in [4.78, 5) is 11.2. The Labute approximate surface area is 133 Å². The molecule has 0 unspecified atom stereocenters. The Balaban J connectivity index is 2.27. The van der Waals surface area contributed by atoms with E-state index in [1.807, 2.05) is 0 Å². The molecule has 0 heterocycles. The van der Waals surface area contributed by atoms with Crippen LogP contribution in [0, 0.1) is 0 Å². The molecule has 2 aromatic rings. The van der Waals surface area contributed by atoms with Crippen LogP contribution in [0.15, 0.2) is 36.4 Å². The average molecular weight is 320 g/mol. The number of amides is 1. The van der Waals surface area contributed by atoms with Gasteiger partial charge in [0.15, 0.2) is 11.5 Å². The Morgan fingerprint density at radius 3 is 1.91 bits per heavy atom. The first-order valence-corrected chi connectivity index (χ1v) is 6.71. The molecule has 0 saturated carbocycles. The van der Waals surface area contributed by atoms with Gasteiger partial charge in [0.2, 0.25) is 5.75 Å². The number of ether oxygens (including phenoxy) is 3. The highest BCUT2D eigenvalue weighted by Crippen LogP contribution is 2.40. The number of hydrogen-bond acceptors (Lipinski definition) is 5. The van der Waals surface area contributed by atoms with Gasteiger partial charge in [0.25, 0.3) is 5.91 Å². The van der Waals surface area contributed by atoms with Crippen LogP contribution >= 0.6 is 0 Å². The summed E-state index contributed by atoms with van der Waals surface area (Å²) in [6.45, 7) is 0. The predicted octanol–water partition coefficient (Wildman–Crippen LogP) is 3.07. The van der Waals surface area contributed by atoms with E-state index in [0.717, 1.165) is 11.2 Å². The van der Waals surface area contributed by atoms with Crippen LogP contribution < -0.4 is 25.1 Å². The molecule has 0 radical (unpaired) electrons. The number of rotatable bonds is 6. The maximum Gasteiger partial charge on any atom is 0.278 e. The fourth-order valence-electron chi connectivity index (χ4n) is 2.08. The minimum Gasteiger partial charge on any atom is -0.493 e. The summed E-state index contributed by atoms with van der Waals surface area (Å²) in [7, 11) is 4.60. The summed E-state index contributed by atoms with van der Waals surface area (Å²) in [6, 6.07) is 9.85. The lowest BCUT2D eigenvalue weighted by atomic mass is 10.2. The summed E-state index contributed by atoms with van der Waals surface area (Å²) >= 11 is 0. The largest absolute Gasteiger partial charge is 0.493 e. The third kappa shape index (κ3) is 3.63. The third-order valence-electron chi connectivity index (χ3n) is 3.19. The number of halogens is 1. The lowest BCUT2D eigenvalue weighted by Gasteiger charge is -2.15. The van der Waals surface area contributed by atoms with E-state index in [-0.39, 0.29) is 5.56 Å². The Hall–Kier alpha value is -2.96. The second kappa shape index (κ2) is 7.35. The Bertz CT molecular complexity index is 664. The summed E-state index contributed by atoms with van der Waals surface area (Å²) in [5, 5.41) is 3.15. The van der Waals surface area contributed by atoms with Crippen LogP contribution in [0.2, 0.25) is 0 Å². The summed E-state index contributed by atoms with van der Waals surface area (Å²) in [5.74, 6) is 0.741. The van der Waals surface area contributed by atoms with Gasteiger partial charge in [-0.2, -0.15) is 5.54 Å². The predicted molar refractivity (Wildman–Crippen MR) is 84.4 cm³/mol. The maximum atomic E-state index is 12.1. The molecule has 23 heavy (non-hydrogen) atoms. The second-order valence-corrected chi connectivity index (χ2v) is 4.54. The van der Waals surface area contributed by atoms with Gasteiger partial charge in [-0.3, -0.25) is 4.79 Å². The lowest BCUT2D eigenvalue weighted by molar-refractivity contribution is 0.0859. The molecule has 0 atom stereocenters. The van der Waals surface area contributed by atoms with Gasteiger partial charge in [0.05, 0.1) is 21.3 Å². The molecule has 0 aliphatic rings. The molecule has 7 heteroatoms. The van der Waals surface area contributed by atoms with Gasteiger partial charge in [0, 0.05) is 29.1 Å². The van der Waals surface area contributed by atoms with E-state index in [1.54, 1.807) is 24.3 Å². The average Bonchev–Trinajstić information content (AvgIpc) is 2.60. The first-order valence-electron chi connectivity index (χ1n) is 6.71. The molecule has 0 aliphatic heterocycles. The molecule has 2 rings (SSSR count). The van der Waals surface area contributed by atoms with Gasteiger partial charge >= 0.3 is 0 Å². The summed E-state index contributed by atoms with van der Waals surface area (Å²) in [6.07, 6.45) is 0. The number of methoxy groups -OCH3 is 3. The van der Waals surface area contributed by atoms with Gasteiger partial charge in [0.1, 0.15) is 0 Å². The van der Waals surface area contributed by atoms with E-state index in [0.29, 0.717) is 22.9 Å². The number of hydrogen-bond donors (Lipinski definition) is 2. The topological polar surface area (TPSA) is 68.8 Å². The van der Waals surface area contributed by atoms with Gasteiger partial charge in [-0.05, 0) is 24.3 Å². The minimum absolute atomic E-state index is 0.225. The molecule has 1 amide bonds. The highest BCUT2D eigenvalue weighted by molar-refractivity contribution is 5.93. The van der Waals surface area contributed by atoms with E-state index >= 15 is 0 Å². The van der Waals surface area contributed by atoms with E-state index in [4.69, 9.17) is 14.2 Å². The number of nitrogens with one attached hydrogen (secondary N) is 2. The fraction of sp³-hybridized carbons (Fsp3) is 0.188. The Morgan fingerprint density at radius 2 is 1.48 bits per heavy atom. The van der Waals surface area contributed by atoms with Crippen molar-refractivity contribution < 1.29 is 23.5 Å². The molecular weight excluding hydrogens is 303 g/mol. The van der Waals surface area contributed by atoms with Crippen molar-refractivity contribution in [3.8, 4) is 17.2 Å². The molecule has 0 aromatic heterocycles. The number of benzene rings is 2. The van der Waals surface area contributed by atoms with Crippen molar-refractivity contribution in [1.82, 2.24) is 5.54 Å². The molecular formula is C16H17FN2O4. The third-order valence-corrected chi connectivity index (χ3v) is 3.19. The zero-order valence-corrected chi connectivity index (χ0v) is 13.0. The first-order chi connectivity index (χ1) is 11.1. The SMILES string of the molecule is COc1cc(Nc2ccc(C(=O)NF)cc2)cc(OC)c1OC. The fourth-order valence-corrected chi connectivity index (χ4v) is 2.08. The number of carbonyl (C=O) groups is 1. The molecule has 0 aliphatic carbocycles. The highest BCUT2D eigenvalue weighted by atomic mass is 19.2. The number of anilines is 2. The normalized spacial score (nSPS) is 9.91. The summed E-state index contributed by atoms with van der Waals surface area (Å²) in [5.41, 5.74) is 2.74. The molecule has 2 N–H and O–H groups in total. The van der Waals surface area contributed by atoms with E-state index in [2.05, 4.69) is 5.32 Å². The Morgan fingerprint density at radius 1 is 0.913 bits per heavy atom. The summed E-state index contributed by atoms with van der Waals surface area (Å²) < 4.78 is 27.9. The molecule has 0 spiro atoms. The molecule has 122 valence electrons. The minimum atomic E-state index is -0.788. The van der Waals surface area contributed by atoms with Gasteiger partial charge in [-0.15, -0.1) is 0 Å². The molecule has 0 saturated heterocycles. The standard InChI is InChI=1S/C16H17FN2O4/c1-21-13-8-12(9-14(22-2)15(13)23-3)18-11-6-4-10(5-7-11)16(20)19-17/h4-9,18H,1-3H3,(H,19,20). The van der Waals surface area contributed by atoms with Crippen molar-refractivity contribution in [2.45, 2.75) is 0 Å². The monoisotopic (exact) mass is 320 g/mol. The zero-order chi connectivity index (χ0) is 16.8. The van der Waals surface area contributed by atoms with E-state index < -0.39 is 5.91 Å². The first kappa shape index (κ1) is 16.4. The van der Waals surface area contributed by atoms with Crippen LogP contribution in [0.3, 0.4) is 0 Å². The van der Waals surface area contributed by atoms with Crippen LogP contribution in [-0.2, 0) is 0 Å². The van der Waals surface area contributed by atoms with Crippen LogP contribution in [0.1, 0.15) is 10.4 Å². The molecule has 2 aromatic carbocycles. The van der Waals surface area contributed by atoms with E-state index in [9.17, 15) is 9.28 Å². The zero-order valence-electron chi connectivity index (χ0n) is 13.0. The van der Waals surface area contributed by atoms with Gasteiger partial charge in [-0.1, -0.05) is 4.48 Å². The van der Waals surface area contributed by atoms with Crippen molar-refractivity contribution in [2.24, 2.45) is 0 Å². The van der Waals surface area contributed by atoms with Crippen molar-refractivity contribution in [1.29, 1.82) is 0 Å². The van der Waals surface area contributed by atoms with Gasteiger partial charge in [-0.25, -0.2) is 0 Å². The van der Waals surface area contributed by atoms with Crippen molar-refractivity contribution >= 4 is 17.3 Å². The molecule has 6 nitrogen and oxygen atoms in total. The maximum absolute atomic E-state index is 12.1. The van der Waals surface area contributed by atoms with Crippen LogP contribution in [0.5, 0.6) is 17.2 Å². The highest BCUT2D eigenvalue weighted by Gasteiger charge is 2.13. The smallest absolute Gasteiger partial charge is 0.278 e. The van der Waals surface area contributed by atoms with Crippen molar-refractivity contribution in [3.63, 3.8) is 0 Å². The number of carbonyl (C=O) groups excluding carboxylic acids is 1.